The van der Waals surface area contributed by atoms with Gasteiger partial charge in [-0.2, -0.15) is 0 Å². The van der Waals surface area contributed by atoms with E-state index in [1.54, 1.807) is 0 Å². The van der Waals surface area contributed by atoms with E-state index in [1.807, 2.05) is 45.1 Å². The monoisotopic (exact) mass is 530 g/mol. The Morgan fingerprint density at radius 2 is 1.79 bits per heavy atom. The zero-order chi connectivity index (χ0) is 28.6. The summed E-state index contributed by atoms with van der Waals surface area (Å²) in [4.78, 5) is 29.2. The molecule has 0 aliphatic carbocycles. The third-order valence-corrected chi connectivity index (χ3v) is 6.31. The molecule has 0 fully saturated rings. The largest absolute Gasteiger partial charge is 0.469 e. The number of nitrogens with one attached hydrogen (secondary N) is 1. The molecule has 1 aromatic heterocycles. The Morgan fingerprint density at radius 3 is 2.41 bits per heavy atom. The molecule has 0 saturated carbocycles. The Labute approximate surface area is 232 Å². The number of aromatic nitrogens is 1. The molecule has 1 N–H and O–H groups in total. The molecule has 0 unspecified atom stereocenters. The van der Waals surface area contributed by atoms with Crippen molar-refractivity contribution in [3.05, 3.63) is 70.9 Å². The molecule has 0 saturated heterocycles. The third kappa shape index (κ3) is 8.67. The van der Waals surface area contributed by atoms with Gasteiger partial charge in [-0.3, -0.25) is 9.78 Å². The van der Waals surface area contributed by atoms with Crippen molar-refractivity contribution >= 4 is 29.0 Å². The fourth-order valence-electron chi connectivity index (χ4n) is 4.45. The second-order valence-corrected chi connectivity index (χ2v) is 11.2. The highest BCUT2D eigenvalue weighted by Crippen LogP contribution is 2.35. The number of carbonyl (C=O) groups is 2. The van der Waals surface area contributed by atoms with Crippen molar-refractivity contribution in [2.75, 3.05) is 7.11 Å². The number of hydrogen-bond donors (Lipinski definition) is 1. The van der Waals surface area contributed by atoms with Gasteiger partial charge in [-0.15, -0.1) is 0 Å². The Balaban J connectivity index is 2.15. The van der Waals surface area contributed by atoms with Gasteiger partial charge in [0.15, 0.2) is 0 Å². The number of methoxy groups -OCH3 is 1. The van der Waals surface area contributed by atoms with Crippen LogP contribution in [0.25, 0.3) is 28.1 Å². The third-order valence-electron chi connectivity index (χ3n) is 6.31. The summed E-state index contributed by atoms with van der Waals surface area (Å²) in [5.74, 6) is 0.169. The number of fused-ring (bicyclic) bond motifs is 1. The number of nitrogens with zero attached hydrogens (tertiary/aromatic N) is 1. The van der Waals surface area contributed by atoms with Crippen molar-refractivity contribution < 1.29 is 19.1 Å². The molecular weight excluding hydrogens is 488 g/mol. The predicted molar refractivity (Wildman–Crippen MR) is 158 cm³/mol. The summed E-state index contributed by atoms with van der Waals surface area (Å²) in [6.45, 7) is 12.4. The number of esters is 1. The van der Waals surface area contributed by atoms with Crippen LogP contribution in [0, 0.1) is 5.92 Å². The van der Waals surface area contributed by atoms with E-state index < -0.39 is 11.7 Å². The maximum absolute atomic E-state index is 12.6. The molecule has 0 aliphatic rings. The van der Waals surface area contributed by atoms with Crippen molar-refractivity contribution in [2.45, 2.75) is 79.4 Å². The van der Waals surface area contributed by atoms with Crippen molar-refractivity contribution in [2.24, 2.45) is 5.92 Å². The Morgan fingerprint density at radius 1 is 1.08 bits per heavy atom. The molecule has 208 valence electrons. The molecule has 3 rings (SSSR count). The predicted octanol–water partition coefficient (Wildman–Crippen LogP) is 7.65. The second-order valence-electron chi connectivity index (χ2n) is 11.2. The SMILES string of the molecule is CCc1ccc(-c2c(CNC(=O)OC(C)(C)C)c(CC(C)C)nc3ccc(/C=C/CCC(=O)OC)cc23)cc1. The first-order chi connectivity index (χ1) is 18.5. The minimum atomic E-state index is -0.583. The molecule has 0 aliphatic heterocycles. The highest BCUT2D eigenvalue weighted by Gasteiger charge is 2.21. The average molecular weight is 531 g/mol. The van der Waals surface area contributed by atoms with Gasteiger partial charge in [0.2, 0.25) is 0 Å². The number of alkyl carbamates (subject to hydrolysis) is 1. The van der Waals surface area contributed by atoms with Gasteiger partial charge in [-0.25, -0.2) is 4.79 Å². The number of allylic oxidation sites excluding steroid dienone is 1. The summed E-state index contributed by atoms with van der Waals surface area (Å²) < 4.78 is 10.3. The highest BCUT2D eigenvalue weighted by molar-refractivity contribution is 5.98. The Bertz CT molecular complexity index is 1320. The van der Waals surface area contributed by atoms with Gasteiger partial charge in [0.05, 0.1) is 12.6 Å². The maximum atomic E-state index is 12.6. The number of rotatable bonds is 10. The maximum Gasteiger partial charge on any atom is 0.407 e. The summed E-state index contributed by atoms with van der Waals surface area (Å²) >= 11 is 0. The van der Waals surface area contributed by atoms with Crippen LogP contribution in [0.1, 0.15) is 76.8 Å². The zero-order valence-corrected chi connectivity index (χ0v) is 24.4. The van der Waals surface area contributed by atoms with Crippen LogP contribution in [-0.4, -0.2) is 29.8 Å². The normalized spacial score (nSPS) is 11.8. The van der Waals surface area contributed by atoms with Gasteiger partial charge in [0.1, 0.15) is 5.60 Å². The van der Waals surface area contributed by atoms with Crippen LogP contribution in [0.15, 0.2) is 48.5 Å². The van der Waals surface area contributed by atoms with Crippen molar-refractivity contribution in [3.8, 4) is 11.1 Å². The standard InChI is InChI=1S/C33H42N2O4/c1-8-23-13-16-25(17-14-23)31-26-20-24(11-9-10-12-30(36)38-7)15-18-28(26)35-29(19-22(2)3)27(31)21-34-32(37)39-33(4,5)6/h9,11,13-18,20,22H,8,10,12,19,21H2,1-7H3,(H,34,37)/b11-9+. The van der Waals surface area contributed by atoms with Crippen LogP contribution in [0.4, 0.5) is 4.79 Å². The molecule has 39 heavy (non-hydrogen) atoms. The molecule has 0 spiro atoms. The number of amides is 1. The van der Waals surface area contributed by atoms with Crippen molar-refractivity contribution in [1.29, 1.82) is 0 Å². The van der Waals surface area contributed by atoms with Crippen LogP contribution < -0.4 is 5.32 Å². The average Bonchev–Trinajstić information content (AvgIpc) is 2.88. The number of benzene rings is 2. The van der Waals surface area contributed by atoms with Crippen LogP contribution in [0.2, 0.25) is 0 Å². The molecule has 1 amide bonds. The van der Waals surface area contributed by atoms with Crippen molar-refractivity contribution in [1.82, 2.24) is 10.3 Å². The molecule has 0 bridgehead atoms. The molecule has 0 atom stereocenters. The van der Waals surface area contributed by atoms with Gasteiger partial charge in [0.25, 0.3) is 0 Å². The summed E-state index contributed by atoms with van der Waals surface area (Å²) in [6, 6.07) is 14.9. The number of carbonyl (C=O) groups excluding carboxylic acids is 2. The summed E-state index contributed by atoms with van der Waals surface area (Å²) in [5, 5.41) is 4.00. The molecule has 2 aromatic carbocycles. The number of pyridine rings is 1. The Hall–Kier alpha value is -3.67. The number of aryl methyl sites for hydroxylation is 1. The minimum Gasteiger partial charge on any atom is -0.469 e. The van der Waals surface area contributed by atoms with Gasteiger partial charge in [0, 0.05) is 29.6 Å². The fraction of sp³-hybridized carbons (Fsp3) is 0.424. The van der Waals surface area contributed by atoms with Gasteiger partial charge < -0.3 is 14.8 Å². The lowest BCUT2D eigenvalue weighted by molar-refractivity contribution is -0.140. The molecule has 6 nitrogen and oxygen atoms in total. The first-order valence-electron chi connectivity index (χ1n) is 13.8. The fourth-order valence-corrected chi connectivity index (χ4v) is 4.45. The van der Waals surface area contributed by atoms with E-state index in [1.165, 1.54) is 12.7 Å². The summed E-state index contributed by atoms with van der Waals surface area (Å²) in [5.41, 5.74) is 6.73. The van der Waals surface area contributed by atoms with Crippen LogP contribution in [-0.2, 0) is 33.7 Å². The van der Waals surface area contributed by atoms with E-state index in [0.29, 0.717) is 25.3 Å². The second kappa shape index (κ2) is 13.4. The van der Waals surface area contributed by atoms with E-state index in [0.717, 1.165) is 51.7 Å². The van der Waals surface area contributed by atoms with E-state index in [-0.39, 0.29) is 5.97 Å². The van der Waals surface area contributed by atoms with Gasteiger partial charge in [-0.1, -0.05) is 63.3 Å². The first kappa shape index (κ1) is 29.9. The van der Waals surface area contributed by atoms with Gasteiger partial charge >= 0.3 is 12.1 Å². The van der Waals surface area contributed by atoms with E-state index in [9.17, 15) is 9.59 Å². The lowest BCUT2D eigenvalue weighted by Crippen LogP contribution is -2.32. The van der Waals surface area contributed by atoms with E-state index in [2.05, 4.69) is 56.4 Å². The van der Waals surface area contributed by atoms with Crippen LogP contribution >= 0.6 is 0 Å². The zero-order valence-electron chi connectivity index (χ0n) is 24.4. The van der Waals surface area contributed by atoms with Crippen LogP contribution in [0.5, 0.6) is 0 Å². The van der Waals surface area contributed by atoms with E-state index in [4.69, 9.17) is 14.5 Å². The molecule has 3 aromatic rings. The lowest BCUT2D eigenvalue weighted by Gasteiger charge is -2.22. The van der Waals surface area contributed by atoms with Crippen LogP contribution in [0.3, 0.4) is 0 Å². The smallest absolute Gasteiger partial charge is 0.407 e. The molecule has 1 heterocycles. The molecule has 6 heteroatoms. The molecule has 0 radical (unpaired) electrons. The number of hydrogen-bond acceptors (Lipinski definition) is 5. The van der Waals surface area contributed by atoms with Gasteiger partial charge in [-0.05, 0) is 80.3 Å². The summed E-state index contributed by atoms with van der Waals surface area (Å²) in [6.07, 6.45) is 6.25. The summed E-state index contributed by atoms with van der Waals surface area (Å²) in [7, 11) is 1.40. The molecular formula is C33H42N2O4. The quantitative estimate of drug-likeness (QED) is 0.272. The first-order valence-corrected chi connectivity index (χ1v) is 13.8. The number of ether oxygens (including phenoxy) is 2. The highest BCUT2D eigenvalue weighted by atomic mass is 16.6. The lowest BCUT2D eigenvalue weighted by atomic mass is 9.90. The van der Waals surface area contributed by atoms with E-state index >= 15 is 0 Å². The van der Waals surface area contributed by atoms with Crippen molar-refractivity contribution in [3.63, 3.8) is 0 Å². The topological polar surface area (TPSA) is 77.5 Å². The Kier molecular flexibility index (Phi) is 10.3. The minimum absolute atomic E-state index is 0.222.